The Hall–Kier alpha value is -2.59. The van der Waals surface area contributed by atoms with Crippen molar-refractivity contribution >= 4 is 16.8 Å². The number of hydrogen-bond acceptors (Lipinski definition) is 2. The first kappa shape index (κ1) is 16.9. The van der Waals surface area contributed by atoms with Crippen molar-refractivity contribution in [3.05, 3.63) is 70.9 Å². The molecule has 0 aliphatic carbocycles. The molecule has 0 bridgehead atoms. The standard InChI is InChI=1S/C22H25N3O/c1-16-12-17(2)19-14-21(23-20(19)13-16)22(26)25-10-8-24(9-11-25)15-18-6-4-3-5-7-18/h3-7,12-14,23H,8-11,15H2,1-2H3. The van der Waals surface area contributed by atoms with Crippen LogP contribution in [0.25, 0.3) is 10.9 Å². The zero-order chi connectivity index (χ0) is 18.1. The van der Waals surface area contributed by atoms with Gasteiger partial charge in [0.1, 0.15) is 5.69 Å². The van der Waals surface area contributed by atoms with Crippen LogP contribution in [0.15, 0.2) is 48.5 Å². The van der Waals surface area contributed by atoms with E-state index in [-0.39, 0.29) is 5.91 Å². The lowest BCUT2D eigenvalue weighted by Gasteiger charge is -2.34. The normalized spacial score (nSPS) is 15.5. The number of aryl methyl sites for hydroxylation is 2. The molecule has 0 atom stereocenters. The Morgan fingerprint density at radius 2 is 1.73 bits per heavy atom. The van der Waals surface area contributed by atoms with Crippen LogP contribution in [0.5, 0.6) is 0 Å². The maximum Gasteiger partial charge on any atom is 0.270 e. The molecule has 1 saturated heterocycles. The van der Waals surface area contributed by atoms with E-state index in [1.807, 2.05) is 17.0 Å². The molecule has 4 rings (SSSR count). The molecule has 2 heterocycles. The number of carbonyl (C=O) groups excluding carboxylic acids is 1. The van der Waals surface area contributed by atoms with Crippen LogP contribution in [0.1, 0.15) is 27.2 Å². The van der Waals surface area contributed by atoms with E-state index in [1.54, 1.807) is 0 Å². The molecule has 0 unspecified atom stereocenters. The predicted octanol–water partition coefficient (Wildman–Crippen LogP) is 3.74. The van der Waals surface area contributed by atoms with Crippen molar-refractivity contribution < 1.29 is 4.79 Å². The Labute approximate surface area is 154 Å². The number of nitrogens with zero attached hydrogens (tertiary/aromatic N) is 2. The third-order valence-corrected chi connectivity index (χ3v) is 5.23. The third-order valence-electron chi connectivity index (χ3n) is 5.23. The molecule has 134 valence electrons. The SMILES string of the molecule is Cc1cc(C)c2cc(C(=O)N3CCN(Cc4ccccc4)CC3)[nH]c2c1. The highest BCUT2D eigenvalue weighted by Gasteiger charge is 2.23. The van der Waals surface area contributed by atoms with Crippen LogP contribution in [0.3, 0.4) is 0 Å². The lowest BCUT2D eigenvalue weighted by atomic mass is 10.1. The number of piperazine rings is 1. The van der Waals surface area contributed by atoms with Crippen molar-refractivity contribution in [2.75, 3.05) is 26.2 Å². The van der Waals surface area contributed by atoms with E-state index < -0.39 is 0 Å². The minimum absolute atomic E-state index is 0.109. The molecule has 1 amide bonds. The Balaban J connectivity index is 1.43. The molecule has 1 aliphatic rings. The number of aromatic nitrogens is 1. The molecule has 1 aliphatic heterocycles. The number of H-pyrrole nitrogens is 1. The van der Waals surface area contributed by atoms with E-state index in [0.29, 0.717) is 5.69 Å². The number of fused-ring (bicyclic) bond motifs is 1. The van der Waals surface area contributed by atoms with Crippen LogP contribution in [-0.4, -0.2) is 46.9 Å². The molecule has 0 radical (unpaired) electrons. The molecule has 0 saturated carbocycles. The van der Waals surface area contributed by atoms with Gasteiger partial charge in [-0.15, -0.1) is 0 Å². The summed E-state index contributed by atoms with van der Waals surface area (Å²) < 4.78 is 0. The summed E-state index contributed by atoms with van der Waals surface area (Å²) >= 11 is 0. The third kappa shape index (κ3) is 3.37. The Bertz CT molecular complexity index is 921. The fourth-order valence-corrected chi connectivity index (χ4v) is 3.84. The summed E-state index contributed by atoms with van der Waals surface area (Å²) in [7, 11) is 0. The summed E-state index contributed by atoms with van der Waals surface area (Å²) in [5.74, 6) is 0.109. The van der Waals surface area contributed by atoms with Gasteiger partial charge in [-0.05, 0) is 42.7 Å². The number of amides is 1. The minimum Gasteiger partial charge on any atom is -0.351 e. The lowest BCUT2D eigenvalue weighted by Crippen LogP contribution is -2.48. The van der Waals surface area contributed by atoms with Gasteiger partial charge in [-0.1, -0.05) is 36.4 Å². The van der Waals surface area contributed by atoms with Gasteiger partial charge in [0.2, 0.25) is 0 Å². The van der Waals surface area contributed by atoms with Crippen LogP contribution in [-0.2, 0) is 6.54 Å². The highest BCUT2D eigenvalue weighted by atomic mass is 16.2. The van der Waals surface area contributed by atoms with Gasteiger partial charge in [-0.2, -0.15) is 0 Å². The number of nitrogens with one attached hydrogen (secondary N) is 1. The van der Waals surface area contributed by atoms with E-state index in [9.17, 15) is 4.79 Å². The second kappa shape index (κ2) is 6.96. The van der Waals surface area contributed by atoms with Crippen LogP contribution in [0, 0.1) is 13.8 Å². The van der Waals surface area contributed by atoms with E-state index in [0.717, 1.165) is 43.6 Å². The maximum atomic E-state index is 12.9. The Morgan fingerprint density at radius 1 is 1.00 bits per heavy atom. The average Bonchev–Trinajstić information content (AvgIpc) is 3.07. The van der Waals surface area contributed by atoms with Crippen molar-refractivity contribution in [2.24, 2.45) is 0 Å². The van der Waals surface area contributed by atoms with Gasteiger partial charge in [0.25, 0.3) is 5.91 Å². The highest BCUT2D eigenvalue weighted by Crippen LogP contribution is 2.22. The molecule has 4 nitrogen and oxygen atoms in total. The fourth-order valence-electron chi connectivity index (χ4n) is 3.84. The molecule has 1 aromatic heterocycles. The van der Waals surface area contributed by atoms with Gasteiger partial charge in [-0.25, -0.2) is 0 Å². The molecule has 2 aromatic carbocycles. The molecule has 1 N–H and O–H groups in total. The van der Waals surface area contributed by atoms with Crippen LogP contribution < -0.4 is 0 Å². The van der Waals surface area contributed by atoms with Crippen molar-refractivity contribution in [3.8, 4) is 0 Å². The van der Waals surface area contributed by atoms with Crippen molar-refractivity contribution in [1.29, 1.82) is 0 Å². The van der Waals surface area contributed by atoms with E-state index >= 15 is 0 Å². The minimum atomic E-state index is 0.109. The monoisotopic (exact) mass is 347 g/mol. The summed E-state index contributed by atoms with van der Waals surface area (Å²) in [6.07, 6.45) is 0. The highest BCUT2D eigenvalue weighted by molar-refractivity contribution is 5.99. The molecule has 0 spiro atoms. The molecular weight excluding hydrogens is 322 g/mol. The number of aromatic amines is 1. The van der Waals surface area contributed by atoms with Gasteiger partial charge >= 0.3 is 0 Å². The van der Waals surface area contributed by atoms with Gasteiger partial charge in [0, 0.05) is 43.6 Å². The van der Waals surface area contributed by atoms with Crippen molar-refractivity contribution in [2.45, 2.75) is 20.4 Å². The van der Waals surface area contributed by atoms with Gasteiger partial charge in [0.05, 0.1) is 0 Å². The van der Waals surface area contributed by atoms with E-state index in [1.165, 1.54) is 16.7 Å². The number of carbonyl (C=O) groups is 1. The zero-order valence-corrected chi connectivity index (χ0v) is 15.5. The Morgan fingerprint density at radius 3 is 2.46 bits per heavy atom. The van der Waals surface area contributed by atoms with Crippen molar-refractivity contribution in [3.63, 3.8) is 0 Å². The summed E-state index contributed by atoms with van der Waals surface area (Å²) in [5.41, 5.74) is 5.50. The predicted molar refractivity (Wildman–Crippen MR) is 105 cm³/mol. The zero-order valence-electron chi connectivity index (χ0n) is 15.5. The summed E-state index contributed by atoms with van der Waals surface area (Å²) in [6.45, 7) is 8.52. The molecular formula is C22H25N3O. The van der Waals surface area contributed by atoms with Crippen molar-refractivity contribution in [1.82, 2.24) is 14.8 Å². The average molecular weight is 347 g/mol. The number of hydrogen-bond donors (Lipinski definition) is 1. The first-order valence-electron chi connectivity index (χ1n) is 9.26. The Kier molecular flexibility index (Phi) is 4.51. The number of rotatable bonds is 3. The maximum absolute atomic E-state index is 12.9. The first-order valence-corrected chi connectivity index (χ1v) is 9.26. The molecule has 1 fully saturated rings. The van der Waals surface area contributed by atoms with Gasteiger partial charge in [-0.3, -0.25) is 9.69 Å². The van der Waals surface area contributed by atoms with Gasteiger partial charge < -0.3 is 9.88 Å². The first-order chi connectivity index (χ1) is 12.6. The number of benzene rings is 2. The molecule has 3 aromatic rings. The molecule has 4 heteroatoms. The molecule has 26 heavy (non-hydrogen) atoms. The summed E-state index contributed by atoms with van der Waals surface area (Å²) in [6, 6.07) is 16.8. The van der Waals surface area contributed by atoms with Gasteiger partial charge in [0.15, 0.2) is 0 Å². The topological polar surface area (TPSA) is 39.3 Å². The van der Waals surface area contributed by atoms with Crippen LogP contribution in [0.4, 0.5) is 0 Å². The second-order valence-corrected chi connectivity index (χ2v) is 7.28. The summed E-state index contributed by atoms with van der Waals surface area (Å²) in [4.78, 5) is 20.6. The quantitative estimate of drug-likeness (QED) is 0.784. The second-order valence-electron chi connectivity index (χ2n) is 7.28. The van der Waals surface area contributed by atoms with Crippen LogP contribution in [0.2, 0.25) is 0 Å². The van der Waals surface area contributed by atoms with E-state index in [4.69, 9.17) is 0 Å². The largest absolute Gasteiger partial charge is 0.351 e. The lowest BCUT2D eigenvalue weighted by molar-refractivity contribution is 0.0623. The van der Waals surface area contributed by atoms with Crippen LogP contribution >= 0.6 is 0 Å². The van der Waals surface area contributed by atoms with E-state index in [2.05, 4.69) is 60.1 Å². The fraction of sp³-hybridized carbons (Fsp3) is 0.318. The smallest absolute Gasteiger partial charge is 0.270 e. The summed E-state index contributed by atoms with van der Waals surface area (Å²) in [5, 5.41) is 1.14.